The number of hydrogen-bond acceptors (Lipinski definition) is 2. The summed E-state index contributed by atoms with van der Waals surface area (Å²) < 4.78 is 37.6. The number of nitrogens with one attached hydrogen (secondary N) is 1. The van der Waals surface area contributed by atoms with E-state index in [1.54, 1.807) is 4.83 Å². The number of hydrazine groups is 1. The van der Waals surface area contributed by atoms with Crippen LogP contribution in [0.3, 0.4) is 0 Å². The van der Waals surface area contributed by atoms with E-state index in [0.29, 0.717) is 4.41 Å². The van der Waals surface area contributed by atoms with Gasteiger partial charge in [-0.1, -0.05) is 0 Å². The summed E-state index contributed by atoms with van der Waals surface area (Å²) in [7, 11) is 0. The summed E-state index contributed by atoms with van der Waals surface area (Å²) in [6, 6.07) is 0. The lowest BCUT2D eigenvalue weighted by Crippen LogP contribution is -2.41. The van der Waals surface area contributed by atoms with Gasteiger partial charge < -0.3 is 0 Å². The van der Waals surface area contributed by atoms with Crippen molar-refractivity contribution in [1.29, 1.82) is 0 Å². The van der Waals surface area contributed by atoms with E-state index < -0.39 is 22.5 Å². The van der Waals surface area contributed by atoms with Gasteiger partial charge in [-0.2, -0.15) is 0 Å². The Balaban J connectivity index is 3.89. The minimum Gasteiger partial charge on any atom is -0.293 e. The molecule has 11 heavy (non-hydrogen) atoms. The zero-order valence-electron chi connectivity index (χ0n) is 5.27. The topological polar surface area (TPSA) is 89.9 Å². The van der Waals surface area contributed by atoms with Crippen LogP contribution in [0.2, 0.25) is 0 Å². The Morgan fingerprint density at radius 2 is 2.00 bits per heavy atom. The molecule has 0 amide bonds. The minimum atomic E-state index is -2.35. The van der Waals surface area contributed by atoms with E-state index in [0.717, 1.165) is 0 Å². The summed E-state index contributed by atoms with van der Waals surface area (Å²) in [4.78, 5) is 1.81. The van der Waals surface area contributed by atoms with Crippen molar-refractivity contribution in [3.63, 3.8) is 0 Å². The molecule has 0 aromatic carbocycles. The maximum absolute atomic E-state index is 10.3. The molecule has 0 aliphatic heterocycles. The van der Waals surface area contributed by atoms with Gasteiger partial charge in [0, 0.05) is 12.4 Å². The highest BCUT2D eigenvalue weighted by molar-refractivity contribution is 7.80. The van der Waals surface area contributed by atoms with Crippen LogP contribution in [0.25, 0.3) is 0 Å². The zero-order chi connectivity index (χ0) is 8.85. The van der Waals surface area contributed by atoms with Crippen LogP contribution >= 0.6 is 11.6 Å². The second-order valence-corrected chi connectivity index (χ2v) is 3.32. The molecule has 0 rings (SSSR count). The largest absolute Gasteiger partial charge is 0.293 e. The van der Waals surface area contributed by atoms with Crippen molar-refractivity contribution in [3.8, 4) is 0 Å². The number of halogens is 1. The van der Waals surface area contributed by atoms with Gasteiger partial charge in [0.25, 0.3) is 0 Å². The van der Waals surface area contributed by atoms with Crippen molar-refractivity contribution in [2.45, 2.75) is 0 Å². The first-order valence-electron chi connectivity index (χ1n) is 2.39. The van der Waals surface area contributed by atoms with Crippen LogP contribution in [0.5, 0.6) is 0 Å². The lowest BCUT2D eigenvalue weighted by atomic mass is 10.8. The molecule has 0 fully saturated rings. The molecule has 0 aromatic rings. The van der Waals surface area contributed by atoms with Crippen molar-refractivity contribution >= 4 is 34.1 Å². The molecule has 0 saturated heterocycles. The normalized spacial score (nSPS) is 16.7. The highest BCUT2D eigenvalue weighted by atomic mass is 35.5. The number of hydrogen-bond donors (Lipinski definition) is 3. The third kappa shape index (κ3) is 5.67. The molecule has 3 N–H and O–H groups in total. The van der Waals surface area contributed by atoms with E-state index in [9.17, 15) is 8.42 Å². The molecule has 0 aliphatic rings. The first kappa shape index (κ1) is 11.4. The molecule has 6 nitrogen and oxygen atoms in total. The predicted molar refractivity (Wildman–Crippen MR) is 42.1 cm³/mol. The summed E-state index contributed by atoms with van der Waals surface area (Å²) in [5.41, 5.74) is 0. The molecule has 2 atom stereocenters. The predicted octanol–water partition coefficient (Wildman–Crippen LogP) is -0.695. The van der Waals surface area contributed by atoms with Gasteiger partial charge in [-0.25, -0.2) is 8.42 Å². The first-order valence-corrected chi connectivity index (χ1v) is 5.10. The Labute approximate surface area is 73.7 Å². The molecule has 0 radical (unpaired) electrons. The lowest BCUT2D eigenvalue weighted by molar-refractivity contribution is 0.375. The van der Waals surface area contributed by atoms with E-state index in [2.05, 4.69) is 0 Å². The van der Waals surface area contributed by atoms with Crippen molar-refractivity contribution in [1.82, 2.24) is 9.25 Å². The van der Waals surface area contributed by atoms with E-state index in [-0.39, 0.29) is 12.4 Å². The zero-order valence-corrected chi connectivity index (χ0v) is 7.66. The number of alkyl halides is 1. The fraction of sp³-hybridized carbons (Fsp3) is 1.00. The molecule has 9 heteroatoms. The Hall–Kier alpha value is 0.430. The van der Waals surface area contributed by atoms with Gasteiger partial charge in [-0.3, -0.25) is 9.11 Å². The van der Waals surface area contributed by atoms with Gasteiger partial charge in [0.2, 0.25) is 22.5 Å². The maximum atomic E-state index is 10.3. The van der Waals surface area contributed by atoms with Crippen LogP contribution in [0.15, 0.2) is 0 Å². The summed E-state index contributed by atoms with van der Waals surface area (Å²) in [6.45, 7) is -0.00301. The molecule has 0 saturated carbocycles. The number of nitrogens with zero attached hydrogens (tertiary/aromatic N) is 1. The lowest BCUT2D eigenvalue weighted by Gasteiger charge is -2.13. The van der Waals surface area contributed by atoms with Crippen LogP contribution in [-0.4, -0.2) is 34.4 Å². The summed E-state index contributed by atoms with van der Waals surface area (Å²) in [5, 5.41) is 0. The standard InChI is InChI=1S/C2H7ClN2O4S2/c3-1-2-5(11(8)9)4-10(6)7/h4H,1-2H2,(H,6,7)(H,8,9). The average Bonchev–Trinajstić information content (AvgIpc) is 1.86. The third-order valence-corrected chi connectivity index (χ3v) is 1.97. The molecule has 0 aromatic heterocycles. The molecule has 68 valence electrons. The fourth-order valence-electron chi connectivity index (χ4n) is 0.319. The highest BCUT2D eigenvalue weighted by Crippen LogP contribution is 1.88. The molecule has 0 spiro atoms. The van der Waals surface area contributed by atoms with Crippen molar-refractivity contribution in [3.05, 3.63) is 0 Å². The van der Waals surface area contributed by atoms with Crippen molar-refractivity contribution in [2.24, 2.45) is 0 Å². The van der Waals surface area contributed by atoms with E-state index in [4.69, 9.17) is 20.7 Å². The van der Waals surface area contributed by atoms with Gasteiger partial charge in [0.05, 0.1) is 0 Å². The van der Waals surface area contributed by atoms with Gasteiger partial charge in [0.1, 0.15) is 0 Å². The van der Waals surface area contributed by atoms with Crippen LogP contribution < -0.4 is 4.83 Å². The first-order chi connectivity index (χ1) is 5.07. The quantitative estimate of drug-likeness (QED) is 0.326. The SMILES string of the molecule is O=S(O)NN(CCCl)S(=O)O. The van der Waals surface area contributed by atoms with Crippen LogP contribution in [0, 0.1) is 0 Å². The summed E-state index contributed by atoms with van der Waals surface area (Å²) in [6.07, 6.45) is 0. The highest BCUT2D eigenvalue weighted by Gasteiger charge is 2.11. The molecule has 0 bridgehead atoms. The maximum Gasteiger partial charge on any atom is 0.249 e. The van der Waals surface area contributed by atoms with Gasteiger partial charge >= 0.3 is 0 Å². The van der Waals surface area contributed by atoms with Gasteiger partial charge in [-0.15, -0.1) is 20.8 Å². The van der Waals surface area contributed by atoms with Crippen molar-refractivity contribution in [2.75, 3.05) is 12.4 Å². The molecule has 2 unspecified atom stereocenters. The van der Waals surface area contributed by atoms with Gasteiger partial charge in [-0.05, 0) is 0 Å². The molecule has 0 aliphatic carbocycles. The van der Waals surface area contributed by atoms with Crippen molar-refractivity contribution < 1.29 is 17.5 Å². The second kappa shape index (κ2) is 6.00. The van der Waals surface area contributed by atoms with Crippen LogP contribution in [-0.2, 0) is 22.5 Å². The van der Waals surface area contributed by atoms with E-state index in [1.807, 2.05) is 0 Å². The Morgan fingerprint density at radius 3 is 2.27 bits per heavy atom. The van der Waals surface area contributed by atoms with Crippen LogP contribution in [0.1, 0.15) is 0 Å². The Kier molecular flexibility index (Phi) is 6.24. The smallest absolute Gasteiger partial charge is 0.249 e. The van der Waals surface area contributed by atoms with Crippen LogP contribution in [0.4, 0.5) is 0 Å². The fourth-order valence-corrected chi connectivity index (χ4v) is 1.55. The molecular formula is C2H7ClN2O4S2. The van der Waals surface area contributed by atoms with Gasteiger partial charge in [0.15, 0.2) is 0 Å². The minimum absolute atomic E-state index is 0.00301. The molecular weight excluding hydrogens is 216 g/mol. The van der Waals surface area contributed by atoms with E-state index in [1.165, 1.54) is 0 Å². The monoisotopic (exact) mass is 222 g/mol. The Morgan fingerprint density at radius 1 is 1.45 bits per heavy atom. The summed E-state index contributed by atoms with van der Waals surface area (Å²) in [5.74, 6) is 0.0799. The second-order valence-electron chi connectivity index (χ2n) is 1.36. The van der Waals surface area contributed by atoms with E-state index >= 15 is 0 Å². The summed E-state index contributed by atoms with van der Waals surface area (Å²) >= 11 is 0.523. The average molecular weight is 223 g/mol. The number of rotatable bonds is 5. The molecule has 0 heterocycles. The Bertz CT molecular complexity index is 166. The third-order valence-electron chi connectivity index (χ3n) is 0.656.